The third kappa shape index (κ3) is 3.52. The van der Waals surface area contributed by atoms with Gasteiger partial charge >= 0.3 is 0 Å². The summed E-state index contributed by atoms with van der Waals surface area (Å²) in [5.41, 5.74) is 7.51. The van der Waals surface area contributed by atoms with E-state index in [4.69, 9.17) is 11.1 Å². The van der Waals surface area contributed by atoms with E-state index in [0.29, 0.717) is 16.8 Å². The number of carbonyl (C=O) groups is 1. The number of benzene rings is 1. The normalized spacial score (nSPS) is 20.1. The van der Waals surface area contributed by atoms with Crippen molar-refractivity contribution in [2.45, 2.75) is 25.7 Å². The second-order valence-electron chi connectivity index (χ2n) is 8.30. The number of aromatic nitrogens is 1. The highest BCUT2D eigenvalue weighted by molar-refractivity contribution is 6.09. The number of pyridine rings is 1. The highest BCUT2D eigenvalue weighted by atomic mass is 16.2. The van der Waals surface area contributed by atoms with Crippen LogP contribution in [0.25, 0.3) is 16.3 Å². The minimum atomic E-state index is 0.0783. The van der Waals surface area contributed by atoms with Crippen molar-refractivity contribution in [3.8, 4) is 0 Å². The Labute approximate surface area is 165 Å². The fraction of sp³-hybridized carbons (Fsp3) is 0.409. The number of nitrogens with two attached hydrogens (primary N) is 1. The van der Waals surface area contributed by atoms with Crippen LogP contribution in [0.4, 0.5) is 5.82 Å². The number of fused-ring (bicyclic) bond motifs is 1. The van der Waals surface area contributed by atoms with Crippen molar-refractivity contribution in [2.24, 2.45) is 17.1 Å². The third-order valence-electron chi connectivity index (χ3n) is 6.42. The summed E-state index contributed by atoms with van der Waals surface area (Å²) in [6, 6.07) is 7.72. The topological polar surface area (TPSA) is 95.1 Å². The quantitative estimate of drug-likeness (QED) is 0.713. The second-order valence-corrected chi connectivity index (χ2v) is 8.30. The van der Waals surface area contributed by atoms with E-state index in [1.807, 2.05) is 24.3 Å². The lowest BCUT2D eigenvalue weighted by Gasteiger charge is -2.51. The number of carbonyl (C=O) groups excluding carboxylic acids is 1. The van der Waals surface area contributed by atoms with Crippen LogP contribution in [0.5, 0.6) is 0 Å². The minimum Gasteiger partial charge on any atom is -0.404 e. The third-order valence-corrected chi connectivity index (χ3v) is 6.42. The molecule has 1 aromatic heterocycles. The van der Waals surface area contributed by atoms with Crippen LogP contribution in [0, 0.1) is 16.7 Å². The first-order chi connectivity index (χ1) is 13.5. The smallest absolute Gasteiger partial charge is 0.228 e. The van der Waals surface area contributed by atoms with E-state index in [2.05, 4.69) is 22.2 Å². The van der Waals surface area contributed by atoms with Crippen molar-refractivity contribution in [3.05, 3.63) is 42.2 Å². The molecular formula is C22H27N5O. The zero-order valence-corrected chi connectivity index (χ0v) is 16.2. The molecule has 4 N–H and O–H groups in total. The summed E-state index contributed by atoms with van der Waals surface area (Å²) in [7, 11) is 2.17. The molecule has 1 spiro atoms. The summed E-state index contributed by atoms with van der Waals surface area (Å²) in [5, 5.41) is 12.4. The van der Waals surface area contributed by atoms with E-state index < -0.39 is 0 Å². The molecule has 1 aliphatic carbocycles. The van der Waals surface area contributed by atoms with E-state index >= 15 is 0 Å². The first-order valence-corrected chi connectivity index (χ1v) is 9.84. The standard InChI is InChI=1S/C22H27N5O/c1-27-6-4-22(5-7-27)10-18(11-22)21(28)26-20-9-17-8-15(19(12-23)13-24)2-3-16(17)14-25-20/h2-3,8-9,12-14,18,23H,4-7,10-11,24H2,1H3,(H,25,26,28)/b19-13+,23-12?. The SMILES string of the molecule is CN1CCC2(CC1)CC(C(=O)Nc1cc3cc(/C(C=N)=C/N)ccc3cn1)C2. The summed E-state index contributed by atoms with van der Waals surface area (Å²) in [6.07, 6.45) is 8.82. The highest BCUT2D eigenvalue weighted by Crippen LogP contribution is 2.52. The van der Waals surface area contributed by atoms with Gasteiger partial charge in [0.15, 0.2) is 0 Å². The molecule has 28 heavy (non-hydrogen) atoms. The monoisotopic (exact) mass is 377 g/mol. The van der Waals surface area contributed by atoms with Crippen LogP contribution in [0.1, 0.15) is 31.2 Å². The lowest BCUT2D eigenvalue weighted by molar-refractivity contribution is -0.129. The van der Waals surface area contributed by atoms with E-state index in [1.165, 1.54) is 25.3 Å². The number of nitrogens with one attached hydrogen (secondary N) is 2. The van der Waals surface area contributed by atoms with Gasteiger partial charge in [-0.1, -0.05) is 12.1 Å². The molecule has 6 nitrogen and oxygen atoms in total. The van der Waals surface area contributed by atoms with Gasteiger partial charge in [-0.15, -0.1) is 0 Å². The lowest BCUT2D eigenvalue weighted by atomic mass is 9.57. The van der Waals surface area contributed by atoms with E-state index in [-0.39, 0.29) is 11.8 Å². The van der Waals surface area contributed by atoms with E-state index in [1.54, 1.807) is 6.20 Å². The van der Waals surface area contributed by atoms with Crippen LogP contribution in [0.2, 0.25) is 0 Å². The van der Waals surface area contributed by atoms with E-state index in [9.17, 15) is 4.79 Å². The Morgan fingerprint density at radius 1 is 1.29 bits per heavy atom. The molecule has 0 radical (unpaired) electrons. The zero-order chi connectivity index (χ0) is 19.7. The Morgan fingerprint density at radius 3 is 2.71 bits per heavy atom. The van der Waals surface area contributed by atoms with Gasteiger partial charge in [0.2, 0.25) is 5.91 Å². The number of rotatable bonds is 4. The first kappa shape index (κ1) is 18.6. The molecule has 1 saturated carbocycles. The fourth-order valence-electron chi connectivity index (χ4n) is 4.52. The van der Waals surface area contributed by atoms with Gasteiger partial charge in [-0.05, 0) is 74.3 Å². The van der Waals surface area contributed by atoms with Crippen LogP contribution in [0.15, 0.2) is 36.7 Å². The molecule has 4 rings (SSSR count). The van der Waals surface area contributed by atoms with Gasteiger partial charge in [-0.3, -0.25) is 4.79 Å². The maximum absolute atomic E-state index is 12.7. The van der Waals surface area contributed by atoms with Crippen molar-refractivity contribution in [3.63, 3.8) is 0 Å². The van der Waals surface area contributed by atoms with Crippen LogP contribution >= 0.6 is 0 Å². The van der Waals surface area contributed by atoms with Crippen molar-refractivity contribution in [1.82, 2.24) is 9.88 Å². The minimum absolute atomic E-state index is 0.0783. The van der Waals surface area contributed by atoms with Crippen molar-refractivity contribution < 1.29 is 4.79 Å². The molecule has 2 fully saturated rings. The van der Waals surface area contributed by atoms with Crippen LogP contribution in [0.3, 0.4) is 0 Å². The lowest BCUT2D eigenvalue weighted by Crippen LogP contribution is -2.49. The number of amides is 1. The summed E-state index contributed by atoms with van der Waals surface area (Å²) >= 11 is 0. The molecule has 2 aliphatic rings. The van der Waals surface area contributed by atoms with Crippen molar-refractivity contribution >= 4 is 34.3 Å². The molecule has 1 saturated heterocycles. The molecule has 0 unspecified atom stereocenters. The molecule has 0 bridgehead atoms. The predicted molar refractivity (Wildman–Crippen MR) is 113 cm³/mol. The Morgan fingerprint density at radius 2 is 2.04 bits per heavy atom. The molecule has 6 heteroatoms. The zero-order valence-electron chi connectivity index (χ0n) is 16.2. The Bertz CT molecular complexity index is 935. The largest absolute Gasteiger partial charge is 0.404 e. The van der Waals surface area contributed by atoms with Crippen LogP contribution < -0.4 is 11.1 Å². The molecule has 1 amide bonds. The molecule has 2 aromatic rings. The molecule has 0 atom stereocenters. The number of hydrogen-bond donors (Lipinski definition) is 3. The average Bonchev–Trinajstić information content (AvgIpc) is 2.67. The Hall–Kier alpha value is -2.73. The van der Waals surface area contributed by atoms with Gasteiger partial charge < -0.3 is 21.4 Å². The van der Waals surface area contributed by atoms with Gasteiger partial charge in [-0.25, -0.2) is 4.98 Å². The highest BCUT2D eigenvalue weighted by Gasteiger charge is 2.48. The Kier molecular flexibility index (Phi) is 4.89. The van der Waals surface area contributed by atoms with Crippen LogP contribution in [-0.2, 0) is 4.79 Å². The summed E-state index contributed by atoms with van der Waals surface area (Å²) in [5.74, 6) is 0.749. The molecular weight excluding hydrogens is 350 g/mol. The maximum atomic E-state index is 12.7. The van der Waals surface area contributed by atoms with Crippen LogP contribution in [-0.4, -0.2) is 42.1 Å². The second kappa shape index (κ2) is 7.36. The first-order valence-electron chi connectivity index (χ1n) is 9.84. The number of anilines is 1. The van der Waals surface area contributed by atoms with Crippen molar-refractivity contribution in [2.75, 3.05) is 25.5 Å². The maximum Gasteiger partial charge on any atom is 0.228 e. The van der Waals surface area contributed by atoms with Crippen molar-refractivity contribution in [1.29, 1.82) is 5.41 Å². The Balaban J connectivity index is 1.44. The number of nitrogens with zero attached hydrogens (tertiary/aromatic N) is 2. The van der Waals surface area contributed by atoms with Gasteiger partial charge in [0.05, 0.1) is 0 Å². The predicted octanol–water partition coefficient (Wildman–Crippen LogP) is 3.24. The fourth-order valence-corrected chi connectivity index (χ4v) is 4.52. The molecule has 2 heterocycles. The summed E-state index contributed by atoms with van der Waals surface area (Å²) in [4.78, 5) is 19.4. The van der Waals surface area contributed by atoms with Gasteiger partial charge in [0.1, 0.15) is 5.82 Å². The summed E-state index contributed by atoms with van der Waals surface area (Å²) in [6.45, 7) is 2.27. The van der Waals surface area contributed by atoms with Gasteiger partial charge in [-0.2, -0.15) is 0 Å². The summed E-state index contributed by atoms with van der Waals surface area (Å²) < 4.78 is 0. The number of hydrogen-bond acceptors (Lipinski definition) is 5. The van der Waals surface area contributed by atoms with E-state index in [0.717, 1.165) is 42.3 Å². The average molecular weight is 377 g/mol. The number of likely N-dealkylation sites (tertiary alicyclic amines) is 1. The molecule has 1 aromatic carbocycles. The molecule has 146 valence electrons. The van der Waals surface area contributed by atoms with Gasteiger partial charge in [0, 0.05) is 35.5 Å². The van der Waals surface area contributed by atoms with Gasteiger partial charge in [0.25, 0.3) is 0 Å². The number of piperidine rings is 1. The number of allylic oxidation sites excluding steroid dienone is 1. The molecule has 1 aliphatic heterocycles.